The SMILES string of the molecule is CCCN(CC(=O)NC(=O)NCC)C[C@H]1CCCCO1. The molecule has 0 saturated carbocycles. The number of amides is 3. The van der Waals surface area contributed by atoms with E-state index in [1.54, 1.807) is 0 Å². The number of urea groups is 1. The standard InChI is InChI=1S/C14H27N3O3/c1-3-8-17(10-12-7-5-6-9-20-12)11-13(18)16-14(19)15-4-2/h12H,3-11H2,1-2H3,(H2,15,16,18,19)/t12-/m1/s1. The minimum absolute atomic E-state index is 0.215. The van der Waals surface area contributed by atoms with Gasteiger partial charge in [0.15, 0.2) is 0 Å². The number of ether oxygens (including phenoxy) is 1. The summed E-state index contributed by atoms with van der Waals surface area (Å²) in [7, 11) is 0. The third kappa shape index (κ3) is 6.86. The van der Waals surface area contributed by atoms with Crippen LogP contribution in [0.1, 0.15) is 39.5 Å². The Bertz CT molecular complexity index is 304. The molecule has 2 N–H and O–H groups in total. The first kappa shape index (κ1) is 16.9. The van der Waals surface area contributed by atoms with Crippen molar-refractivity contribution in [3.63, 3.8) is 0 Å². The zero-order valence-corrected chi connectivity index (χ0v) is 12.6. The Labute approximate surface area is 121 Å². The van der Waals surface area contributed by atoms with Crippen LogP contribution in [0.5, 0.6) is 0 Å². The lowest BCUT2D eigenvalue weighted by atomic mass is 10.1. The molecule has 20 heavy (non-hydrogen) atoms. The van der Waals surface area contributed by atoms with Crippen LogP contribution in [0.4, 0.5) is 4.79 Å². The molecule has 1 heterocycles. The minimum atomic E-state index is -0.428. The highest BCUT2D eigenvalue weighted by atomic mass is 16.5. The lowest BCUT2D eigenvalue weighted by molar-refractivity contribution is -0.121. The zero-order valence-electron chi connectivity index (χ0n) is 12.6. The summed E-state index contributed by atoms with van der Waals surface area (Å²) in [5, 5.41) is 4.88. The minimum Gasteiger partial charge on any atom is -0.377 e. The van der Waals surface area contributed by atoms with E-state index in [0.29, 0.717) is 6.54 Å². The predicted octanol–water partition coefficient (Wildman–Crippen LogP) is 1.11. The van der Waals surface area contributed by atoms with Crippen LogP contribution in [0.2, 0.25) is 0 Å². The molecule has 0 bridgehead atoms. The third-order valence-corrected chi connectivity index (χ3v) is 3.23. The van der Waals surface area contributed by atoms with Gasteiger partial charge in [0.1, 0.15) is 0 Å². The van der Waals surface area contributed by atoms with E-state index in [1.807, 2.05) is 6.92 Å². The van der Waals surface area contributed by atoms with Crippen LogP contribution in [0, 0.1) is 0 Å². The van der Waals surface area contributed by atoms with Crippen molar-refractivity contribution in [3.05, 3.63) is 0 Å². The van der Waals surface area contributed by atoms with Crippen molar-refractivity contribution in [1.82, 2.24) is 15.5 Å². The number of hydrogen-bond donors (Lipinski definition) is 2. The quantitative estimate of drug-likeness (QED) is 0.735. The smallest absolute Gasteiger partial charge is 0.321 e. The molecule has 1 aliphatic heterocycles. The first-order valence-electron chi connectivity index (χ1n) is 7.57. The fraction of sp³-hybridized carbons (Fsp3) is 0.857. The van der Waals surface area contributed by atoms with Crippen LogP contribution < -0.4 is 10.6 Å². The van der Waals surface area contributed by atoms with Crippen molar-refractivity contribution < 1.29 is 14.3 Å². The average Bonchev–Trinajstić information content (AvgIpc) is 2.40. The van der Waals surface area contributed by atoms with E-state index in [4.69, 9.17) is 4.74 Å². The van der Waals surface area contributed by atoms with Gasteiger partial charge in [0.2, 0.25) is 5.91 Å². The van der Waals surface area contributed by atoms with Crippen LogP contribution in [-0.2, 0) is 9.53 Å². The summed E-state index contributed by atoms with van der Waals surface area (Å²) in [4.78, 5) is 25.2. The van der Waals surface area contributed by atoms with Crippen molar-refractivity contribution >= 4 is 11.9 Å². The Morgan fingerprint density at radius 2 is 2.10 bits per heavy atom. The monoisotopic (exact) mass is 285 g/mol. The molecule has 116 valence electrons. The number of rotatable bonds is 7. The lowest BCUT2D eigenvalue weighted by Crippen LogP contribution is -2.46. The van der Waals surface area contributed by atoms with Crippen molar-refractivity contribution in [2.24, 2.45) is 0 Å². The van der Waals surface area contributed by atoms with Crippen LogP contribution in [0.15, 0.2) is 0 Å². The Balaban J connectivity index is 2.36. The lowest BCUT2D eigenvalue weighted by Gasteiger charge is -2.29. The van der Waals surface area contributed by atoms with E-state index in [0.717, 1.165) is 39.0 Å². The molecule has 0 aromatic heterocycles. The second kappa shape index (κ2) is 9.72. The van der Waals surface area contributed by atoms with Crippen LogP contribution >= 0.6 is 0 Å². The molecule has 0 aromatic carbocycles. The molecule has 0 aliphatic carbocycles. The summed E-state index contributed by atoms with van der Waals surface area (Å²) in [6, 6.07) is -0.428. The van der Waals surface area contributed by atoms with Gasteiger partial charge < -0.3 is 10.1 Å². The largest absolute Gasteiger partial charge is 0.377 e. The normalized spacial score (nSPS) is 18.9. The predicted molar refractivity (Wildman–Crippen MR) is 77.5 cm³/mol. The van der Waals surface area contributed by atoms with E-state index in [9.17, 15) is 9.59 Å². The first-order chi connectivity index (χ1) is 9.65. The maximum atomic E-state index is 11.8. The molecule has 1 saturated heterocycles. The van der Waals surface area contributed by atoms with Gasteiger partial charge >= 0.3 is 6.03 Å². The van der Waals surface area contributed by atoms with E-state index in [1.165, 1.54) is 6.42 Å². The van der Waals surface area contributed by atoms with Crippen molar-refractivity contribution in [2.45, 2.75) is 45.6 Å². The molecule has 6 heteroatoms. The number of carbonyl (C=O) groups excluding carboxylic acids is 2. The van der Waals surface area contributed by atoms with Gasteiger partial charge in [-0.25, -0.2) is 4.79 Å². The number of hydrogen-bond acceptors (Lipinski definition) is 4. The molecule has 1 rings (SSSR count). The molecular weight excluding hydrogens is 258 g/mol. The van der Waals surface area contributed by atoms with Gasteiger partial charge in [-0.1, -0.05) is 6.92 Å². The highest BCUT2D eigenvalue weighted by molar-refractivity contribution is 5.95. The van der Waals surface area contributed by atoms with Gasteiger partial charge in [-0.05, 0) is 39.2 Å². The van der Waals surface area contributed by atoms with Crippen LogP contribution in [0.25, 0.3) is 0 Å². The Morgan fingerprint density at radius 1 is 1.30 bits per heavy atom. The number of imide groups is 1. The maximum absolute atomic E-state index is 11.8. The molecule has 0 unspecified atom stereocenters. The molecule has 1 fully saturated rings. The van der Waals surface area contributed by atoms with Gasteiger partial charge in [-0.3, -0.25) is 15.0 Å². The molecule has 1 aliphatic rings. The summed E-state index contributed by atoms with van der Waals surface area (Å²) < 4.78 is 5.70. The van der Waals surface area contributed by atoms with Crippen LogP contribution in [-0.4, -0.2) is 55.7 Å². The van der Waals surface area contributed by atoms with Crippen LogP contribution in [0.3, 0.4) is 0 Å². The summed E-state index contributed by atoms with van der Waals surface area (Å²) in [6.07, 6.45) is 4.56. The van der Waals surface area contributed by atoms with Gasteiger partial charge in [0.25, 0.3) is 0 Å². The van der Waals surface area contributed by atoms with Crippen molar-refractivity contribution in [3.8, 4) is 0 Å². The number of nitrogens with one attached hydrogen (secondary N) is 2. The Hall–Kier alpha value is -1.14. The molecule has 0 aromatic rings. The van der Waals surface area contributed by atoms with Crippen molar-refractivity contribution in [1.29, 1.82) is 0 Å². The maximum Gasteiger partial charge on any atom is 0.321 e. The summed E-state index contributed by atoms with van der Waals surface area (Å²) >= 11 is 0. The highest BCUT2D eigenvalue weighted by Gasteiger charge is 2.19. The van der Waals surface area contributed by atoms with E-state index in [2.05, 4.69) is 22.5 Å². The van der Waals surface area contributed by atoms with Crippen molar-refractivity contribution in [2.75, 3.05) is 32.8 Å². The molecule has 1 atom stereocenters. The second-order valence-electron chi connectivity index (χ2n) is 5.13. The second-order valence-corrected chi connectivity index (χ2v) is 5.13. The summed E-state index contributed by atoms with van der Waals surface area (Å²) in [5.41, 5.74) is 0. The topological polar surface area (TPSA) is 70.7 Å². The average molecular weight is 285 g/mol. The molecular formula is C14H27N3O3. The van der Waals surface area contributed by atoms with E-state index in [-0.39, 0.29) is 18.6 Å². The molecule has 0 spiro atoms. The Morgan fingerprint density at radius 3 is 2.70 bits per heavy atom. The van der Waals surface area contributed by atoms with Gasteiger partial charge in [0, 0.05) is 19.7 Å². The fourth-order valence-electron chi connectivity index (χ4n) is 2.36. The van der Waals surface area contributed by atoms with E-state index < -0.39 is 6.03 Å². The fourth-order valence-corrected chi connectivity index (χ4v) is 2.36. The highest BCUT2D eigenvalue weighted by Crippen LogP contribution is 2.13. The summed E-state index contributed by atoms with van der Waals surface area (Å²) in [5.74, 6) is -0.264. The van der Waals surface area contributed by atoms with Gasteiger partial charge in [0.05, 0.1) is 12.6 Å². The molecule has 3 amide bonds. The molecule has 6 nitrogen and oxygen atoms in total. The summed E-state index contributed by atoms with van der Waals surface area (Å²) in [6.45, 7) is 7.05. The number of nitrogens with zero attached hydrogens (tertiary/aromatic N) is 1. The van der Waals surface area contributed by atoms with E-state index >= 15 is 0 Å². The zero-order chi connectivity index (χ0) is 14.8. The first-order valence-corrected chi connectivity index (χ1v) is 7.57. The number of carbonyl (C=O) groups is 2. The molecule has 0 radical (unpaired) electrons. The van der Waals surface area contributed by atoms with Gasteiger partial charge in [-0.2, -0.15) is 0 Å². The van der Waals surface area contributed by atoms with Gasteiger partial charge in [-0.15, -0.1) is 0 Å². The third-order valence-electron chi connectivity index (χ3n) is 3.23. The Kier molecular flexibility index (Phi) is 8.22.